The van der Waals surface area contributed by atoms with Gasteiger partial charge in [0.15, 0.2) is 0 Å². The van der Waals surface area contributed by atoms with E-state index in [1.165, 1.54) is 12.1 Å². The number of nitrogens with one attached hydrogen (secondary N) is 1. The first kappa shape index (κ1) is 21.6. The van der Waals surface area contributed by atoms with Crippen molar-refractivity contribution in [3.05, 3.63) is 94.6 Å². The number of rotatable bonds is 4. The van der Waals surface area contributed by atoms with Crippen molar-refractivity contribution in [3.8, 4) is 0 Å². The Morgan fingerprint density at radius 2 is 1.67 bits per heavy atom. The average Bonchev–Trinajstić information content (AvgIpc) is 3.32. The van der Waals surface area contributed by atoms with Crippen LogP contribution in [0.3, 0.4) is 0 Å². The van der Waals surface area contributed by atoms with Crippen LogP contribution >= 0.6 is 0 Å². The summed E-state index contributed by atoms with van der Waals surface area (Å²) < 4.78 is 19.6. The summed E-state index contributed by atoms with van der Waals surface area (Å²) in [5.74, 6) is -1.70. The smallest absolute Gasteiger partial charge is 0.336 e. The fraction of sp³-hybridized carbons (Fsp3) is 0.357. The Labute approximate surface area is 193 Å². The van der Waals surface area contributed by atoms with Gasteiger partial charge in [0.25, 0.3) is 0 Å². The molecule has 5 rings (SSSR count). The molecule has 1 aliphatic heterocycles. The fourth-order valence-corrected chi connectivity index (χ4v) is 5.51. The number of ketones is 1. The molecule has 5 heteroatoms. The van der Waals surface area contributed by atoms with E-state index in [4.69, 9.17) is 4.74 Å². The van der Waals surface area contributed by atoms with Gasteiger partial charge in [0.2, 0.25) is 0 Å². The molecule has 0 aromatic heterocycles. The van der Waals surface area contributed by atoms with E-state index in [1.54, 1.807) is 12.1 Å². The number of esters is 1. The van der Waals surface area contributed by atoms with Gasteiger partial charge in [-0.1, -0.05) is 48.5 Å². The second-order valence-electron chi connectivity index (χ2n) is 9.29. The molecule has 4 nitrogen and oxygen atoms in total. The molecule has 3 atom stereocenters. The monoisotopic (exact) mass is 445 g/mol. The van der Waals surface area contributed by atoms with Crippen LogP contribution in [-0.4, -0.2) is 17.9 Å². The zero-order valence-electron chi connectivity index (χ0n) is 18.7. The SMILES string of the molecule is CC1=C(C(=O)OC2CCCC2)C(c2ccc(F)cc2)C2C(=O)CC(c3ccccc3)C=C2N1. The first-order chi connectivity index (χ1) is 16.0. The summed E-state index contributed by atoms with van der Waals surface area (Å²) in [6, 6.07) is 16.1. The van der Waals surface area contributed by atoms with Gasteiger partial charge in [-0.3, -0.25) is 4.79 Å². The Morgan fingerprint density at radius 3 is 2.36 bits per heavy atom. The summed E-state index contributed by atoms with van der Waals surface area (Å²) in [5.41, 5.74) is 3.81. The number of allylic oxidation sites excluding steroid dienone is 3. The Kier molecular flexibility index (Phi) is 5.88. The number of fused-ring (bicyclic) bond motifs is 1. The van der Waals surface area contributed by atoms with Gasteiger partial charge in [0, 0.05) is 29.7 Å². The third-order valence-electron chi connectivity index (χ3n) is 7.12. The summed E-state index contributed by atoms with van der Waals surface area (Å²) in [6.07, 6.45) is 6.27. The molecule has 170 valence electrons. The molecular formula is C28H28FNO3. The largest absolute Gasteiger partial charge is 0.459 e. The summed E-state index contributed by atoms with van der Waals surface area (Å²) in [6.45, 7) is 1.86. The number of Topliss-reactive ketones (excluding diaryl/α,β-unsaturated/α-hetero) is 1. The summed E-state index contributed by atoms with van der Waals surface area (Å²) in [5, 5.41) is 3.36. The molecule has 0 spiro atoms. The molecule has 2 aliphatic carbocycles. The average molecular weight is 446 g/mol. The molecule has 0 amide bonds. The van der Waals surface area contributed by atoms with E-state index < -0.39 is 11.8 Å². The Hall–Kier alpha value is -3.21. The fourth-order valence-electron chi connectivity index (χ4n) is 5.51. The first-order valence-electron chi connectivity index (χ1n) is 11.7. The molecule has 0 saturated heterocycles. The van der Waals surface area contributed by atoms with Crippen molar-refractivity contribution in [2.24, 2.45) is 5.92 Å². The van der Waals surface area contributed by atoms with Gasteiger partial charge in [-0.05, 0) is 55.9 Å². The topological polar surface area (TPSA) is 55.4 Å². The lowest BCUT2D eigenvalue weighted by Gasteiger charge is -2.39. The number of carbonyl (C=O) groups excluding carboxylic acids is 2. The van der Waals surface area contributed by atoms with E-state index in [1.807, 2.05) is 37.3 Å². The van der Waals surface area contributed by atoms with Crippen molar-refractivity contribution in [2.45, 2.75) is 57.0 Å². The number of hydrogen-bond acceptors (Lipinski definition) is 4. The lowest BCUT2D eigenvalue weighted by molar-refractivity contribution is -0.144. The van der Waals surface area contributed by atoms with E-state index in [9.17, 15) is 14.0 Å². The Balaban J connectivity index is 1.56. The molecule has 1 heterocycles. The third kappa shape index (κ3) is 4.24. The van der Waals surface area contributed by atoms with Crippen molar-refractivity contribution in [1.29, 1.82) is 0 Å². The highest BCUT2D eigenvalue weighted by Crippen LogP contribution is 2.46. The second-order valence-corrected chi connectivity index (χ2v) is 9.29. The zero-order chi connectivity index (χ0) is 22.9. The van der Waals surface area contributed by atoms with Crippen molar-refractivity contribution < 1.29 is 18.7 Å². The van der Waals surface area contributed by atoms with Gasteiger partial charge >= 0.3 is 5.97 Å². The van der Waals surface area contributed by atoms with Crippen LogP contribution in [0, 0.1) is 11.7 Å². The molecular weight excluding hydrogens is 417 g/mol. The van der Waals surface area contributed by atoms with Gasteiger partial charge in [-0.15, -0.1) is 0 Å². The Morgan fingerprint density at radius 1 is 0.970 bits per heavy atom. The predicted octanol–water partition coefficient (Wildman–Crippen LogP) is 5.53. The van der Waals surface area contributed by atoms with Crippen LogP contribution in [0.5, 0.6) is 0 Å². The van der Waals surface area contributed by atoms with Gasteiger partial charge in [0.1, 0.15) is 17.7 Å². The van der Waals surface area contributed by atoms with Crippen LogP contribution in [-0.2, 0) is 14.3 Å². The van der Waals surface area contributed by atoms with E-state index in [0.717, 1.165) is 42.5 Å². The minimum atomic E-state index is -0.523. The zero-order valence-corrected chi connectivity index (χ0v) is 18.7. The molecule has 33 heavy (non-hydrogen) atoms. The van der Waals surface area contributed by atoms with Crippen LogP contribution in [0.2, 0.25) is 0 Å². The maximum Gasteiger partial charge on any atom is 0.336 e. The van der Waals surface area contributed by atoms with Crippen molar-refractivity contribution in [2.75, 3.05) is 0 Å². The van der Waals surface area contributed by atoms with E-state index >= 15 is 0 Å². The van der Waals surface area contributed by atoms with Gasteiger partial charge in [0.05, 0.1) is 11.5 Å². The van der Waals surface area contributed by atoms with Crippen LogP contribution in [0.4, 0.5) is 4.39 Å². The van der Waals surface area contributed by atoms with E-state index in [0.29, 0.717) is 17.7 Å². The molecule has 0 radical (unpaired) electrons. The standard InChI is InChI=1S/C28H28FNO3/c1-17-25(28(32)33-22-9-5-6-10-22)26(19-11-13-21(29)14-12-19)27-23(30-17)15-20(16-24(27)31)18-7-3-2-4-8-18/h2-4,7-8,11-15,20,22,26-27,30H,5-6,9-10,16H2,1H3. The highest BCUT2D eigenvalue weighted by atomic mass is 19.1. The van der Waals surface area contributed by atoms with Crippen molar-refractivity contribution in [3.63, 3.8) is 0 Å². The predicted molar refractivity (Wildman–Crippen MR) is 124 cm³/mol. The molecule has 2 aromatic carbocycles. The number of ether oxygens (including phenoxy) is 1. The lowest BCUT2D eigenvalue weighted by atomic mass is 9.68. The number of benzene rings is 2. The number of carbonyl (C=O) groups is 2. The minimum absolute atomic E-state index is 0.0221. The first-order valence-corrected chi connectivity index (χ1v) is 11.7. The van der Waals surface area contributed by atoms with E-state index in [2.05, 4.69) is 11.4 Å². The van der Waals surface area contributed by atoms with Crippen molar-refractivity contribution >= 4 is 11.8 Å². The van der Waals surface area contributed by atoms with Crippen LogP contribution in [0.1, 0.15) is 62.0 Å². The highest BCUT2D eigenvalue weighted by Gasteiger charge is 2.45. The highest BCUT2D eigenvalue weighted by molar-refractivity contribution is 5.96. The quantitative estimate of drug-likeness (QED) is 0.629. The maximum absolute atomic E-state index is 13.7. The Bertz CT molecular complexity index is 1110. The molecule has 1 saturated carbocycles. The van der Waals surface area contributed by atoms with Gasteiger partial charge < -0.3 is 10.1 Å². The molecule has 3 aliphatic rings. The molecule has 3 unspecified atom stereocenters. The normalized spacial score (nSPS) is 25.3. The molecule has 2 aromatic rings. The molecule has 0 bridgehead atoms. The van der Waals surface area contributed by atoms with Crippen molar-refractivity contribution in [1.82, 2.24) is 5.32 Å². The maximum atomic E-state index is 13.7. The molecule has 1 N–H and O–H groups in total. The van der Waals surface area contributed by atoms with Gasteiger partial charge in [-0.25, -0.2) is 9.18 Å². The van der Waals surface area contributed by atoms with E-state index in [-0.39, 0.29) is 29.6 Å². The summed E-state index contributed by atoms with van der Waals surface area (Å²) in [7, 11) is 0. The summed E-state index contributed by atoms with van der Waals surface area (Å²) in [4.78, 5) is 26.9. The number of halogens is 1. The summed E-state index contributed by atoms with van der Waals surface area (Å²) >= 11 is 0. The van der Waals surface area contributed by atoms with Crippen LogP contribution in [0.15, 0.2) is 77.6 Å². The second kappa shape index (κ2) is 8.97. The van der Waals surface area contributed by atoms with Crippen LogP contribution < -0.4 is 5.32 Å². The number of hydrogen-bond donors (Lipinski definition) is 1. The van der Waals surface area contributed by atoms with Crippen LogP contribution in [0.25, 0.3) is 0 Å². The molecule has 1 fully saturated rings. The lowest BCUT2D eigenvalue weighted by Crippen LogP contribution is -2.42. The minimum Gasteiger partial charge on any atom is -0.459 e. The van der Waals surface area contributed by atoms with Gasteiger partial charge in [-0.2, -0.15) is 0 Å². The third-order valence-corrected chi connectivity index (χ3v) is 7.12.